The molecule has 1 atom stereocenters. The molecule has 0 aliphatic carbocycles. The van der Waals surface area contributed by atoms with Gasteiger partial charge in [0.25, 0.3) is 0 Å². The normalized spacial score (nSPS) is 12.7. The van der Waals surface area contributed by atoms with Crippen LogP contribution >= 0.6 is 0 Å². The van der Waals surface area contributed by atoms with E-state index in [1.807, 2.05) is 67.6 Å². The van der Waals surface area contributed by atoms with E-state index < -0.39 is 5.60 Å². The van der Waals surface area contributed by atoms with Gasteiger partial charge in [0.2, 0.25) is 5.91 Å². The second-order valence-electron chi connectivity index (χ2n) is 5.34. The second kappa shape index (κ2) is 6.55. The Morgan fingerprint density at radius 3 is 1.86 bits per heavy atom. The Labute approximate surface area is 125 Å². The summed E-state index contributed by atoms with van der Waals surface area (Å²) in [6, 6.07) is 19.1. The lowest BCUT2D eigenvalue weighted by molar-refractivity contribution is -0.119. The molecule has 21 heavy (non-hydrogen) atoms. The molecule has 0 radical (unpaired) electrons. The highest BCUT2D eigenvalue weighted by molar-refractivity contribution is 5.72. The fourth-order valence-electron chi connectivity index (χ4n) is 2.56. The first-order chi connectivity index (χ1) is 10.0. The van der Waals surface area contributed by atoms with Crippen molar-refractivity contribution in [3.63, 3.8) is 0 Å². The van der Waals surface area contributed by atoms with Gasteiger partial charge < -0.3 is 10.4 Å². The number of aliphatic hydroxyl groups is 1. The van der Waals surface area contributed by atoms with Crippen LogP contribution in [0.3, 0.4) is 0 Å². The number of hydrogen-bond acceptors (Lipinski definition) is 2. The summed E-state index contributed by atoms with van der Waals surface area (Å²) in [4.78, 5) is 11.2. The Morgan fingerprint density at radius 2 is 1.48 bits per heavy atom. The summed E-state index contributed by atoms with van der Waals surface area (Å²) < 4.78 is 0. The van der Waals surface area contributed by atoms with Crippen molar-refractivity contribution < 1.29 is 9.90 Å². The second-order valence-corrected chi connectivity index (χ2v) is 5.34. The molecule has 0 aromatic heterocycles. The average Bonchev–Trinajstić information content (AvgIpc) is 2.53. The third kappa shape index (κ3) is 3.31. The molecular formula is C18H21NO2. The number of rotatable bonds is 5. The molecule has 110 valence electrons. The number of hydrogen-bond donors (Lipinski definition) is 2. The highest BCUT2D eigenvalue weighted by Gasteiger charge is 2.37. The number of carbonyl (C=O) groups excluding carboxylic acids is 1. The monoisotopic (exact) mass is 283 g/mol. The van der Waals surface area contributed by atoms with Gasteiger partial charge in [-0.3, -0.25) is 4.79 Å². The summed E-state index contributed by atoms with van der Waals surface area (Å²) in [5.74, 6) is -0.253. The zero-order valence-electron chi connectivity index (χ0n) is 12.4. The topological polar surface area (TPSA) is 49.3 Å². The smallest absolute Gasteiger partial charge is 0.216 e. The minimum absolute atomic E-state index is 0.0923. The van der Waals surface area contributed by atoms with Crippen molar-refractivity contribution in [2.75, 3.05) is 6.54 Å². The Hall–Kier alpha value is -2.13. The summed E-state index contributed by atoms with van der Waals surface area (Å²) >= 11 is 0. The zero-order chi connectivity index (χ0) is 15.3. The maximum atomic E-state index is 11.4. The highest BCUT2D eigenvalue weighted by atomic mass is 16.3. The van der Waals surface area contributed by atoms with Gasteiger partial charge in [0.05, 0.1) is 0 Å². The molecule has 0 fully saturated rings. The summed E-state index contributed by atoms with van der Waals surface area (Å²) in [6.45, 7) is 3.84. The van der Waals surface area contributed by atoms with Gasteiger partial charge in [-0.2, -0.15) is 0 Å². The summed E-state index contributed by atoms with van der Waals surface area (Å²) in [7, 11) is 0. The van der Waals surface area contributed by atoms with Gasteiger partial charge in [-0.15, -0.1) is 0 Å². The number of amides is 1. The lowest BCUT2D eigenvalue weighted by Crippen LogP contribution is -2.41. The van der Waals surface area contributed by atoms with Crippen molar-refractivity contribution in [3.8, 4) is 0 Å². The van der Waals surface area contributed by atoms with Crippen LogP contribution in [-0.4, -0.2) is 17.6 Å². The Balaban J connectivity index is 2.42. The van der Waals surface area contributed by atoms with Crippen LogP contribution in [0.25, 0.3) is 0 Å². The molecule has 0 aliphatic heterocycles. The maximum absolute atomic E-state index is 11.4. The van der Waals surface area contributed by atoms with E-state index in [2.05, 4.69) is 5.32 Å². The van der Waals surface area contributed by atoms with Crippen LogP contribution in [0.1, 0.15) is 25.0 Å². The first kappa shape index (κ1) is 15.3. The van der Waals surface area contributed by atoms with Crippen molar-refractivity contribution in [3.05, 3.63) is 71.8 Å². The number of carbonyl (C=O) groups is 1. The van der Waals surface area contributed by atoms with Gasteiger partial charge >= 0.3 is 0 Å². The van der Waals surface area contributed by atoms with Crippen LogP contribution in [0.15, 0.2) is 60.7 Å². The number of nitrogens with one attached hydrogen (secondary N) is 1. The molecule has 3 nitrogen and oxygen atoms in total. The molecule has 0 saturated heterocycles. The van der Waals surface area contributed by atoms with Crippen molar-refractivity contribution in [1.29, 1.82) is 0 Å². The van der Waals surface area contributed by atoms with Crippen LogP contribution in [-0.2, 0) is 10.4 Å². The van der Waals surface area contributed by atoms with Crippen molar-refractivity contribution in [2.45, 2.75) is 19.4 Å². The summed E-state index contributed by atoms with van der Waals surface area (Å²) in [6.07, 6.45) is 0. The molecule has 3 heteroatoms. The molecule has 2 rings (SSSR count). The van der Waals surface area contributed by atoms with Crippen LogP contribution in [0.4, 0.5) is 0 Å². The van der Waals surface area contributed by atoms with Crippen molar-refractivity contribution >= 4 is 5.91 Å². The van der Waals surface area contributed by atoms with E-state index in [9.17, 15) is 9.90 Å². The predicted octanol–water partition coefficient (Wildman–Crippen LogP) is 2.69. The van der Waals surface area contributed by atoms with E-state index in [1.54, 1.807) is 0 Å². The molecule has 0 aliphatic rings. The molecule has 0 saturated carbocycles. The van der Waals surface area contributed by atoms with E-state index in [0.717, 1.165) is 11.1 Å². The van der Waals surface area contributed by atoms with Gasteiger partial charge in [0.15, 0.2) is 0 Å². The standard InChI is InChI=1S/C18H21NO2/c1-14(13-19-15(2)20)18(21,16-9-5-3-6-10-16)17-11-7-4-8-12-17/h3-12,14,21H,13H2,1-2H3,(H,19,20)/t14-/m1/s1. The Bertz CT molecular complexity index is 541. The van der Waals surface area contributed by atoms with Gasteiger partial charge in [-0.1, -0.05) is 67.6 Å². The number of benzene rings is 2. The SMILES string of the molecule is CC(=O)NC[C@@H](C)C(O)(c1ccccc1)c1ccccc1. The molecule has 2 aromatic carbocycles. The van der Waals surface area contributed by atoms with Crippen LogP contribution in [0, 0.1) is 5.92 Å². The minimum atomic E-state index is -1.13. The fraction of sp³-hybridized carbons (Fsp3) is 0.278. The quantitative estimate of drug-likeness (QED) is 0.886. The third-order valence-corrected chi connectivity index (χ3v) is 3.80. The van der Waals surface area contributed by atoms with Gasteiger partial charge in [-0.25, -0.2) is 0 Å². The molecule has 0 spiro atoms. The van der Waals surface area contributed by atoms with Gasteiger partial charge in [0, 0.05) is 19.4 Å². The molecule has 1 amide bonds. The van der Waals surface area contributed by atoms with E-state index in [1.165, 1.54) is 6.92 Å². The lowest BCUT2D eigenvalue weighted by atomic mass is 9.77. The molecule has 0 unspecified atom stereocenters. The molecule has 0 bridgehead atoms. The van der Waals surface area contributed by atoms with Crippen molar-refractivity contribution in [1.82, 2.24) is 5.32 Å². The minimum Gasteiger partial charge on any atom is -0.380 e. The van der Waals surface area contributed by atoms with Gasteiger partial charge in [0.1, 0.15) is 5.60 Å². The molecule has 0 heterocycles. The van der Waals surface area contributed by atoms with Gasteiger partial charge in [-0.05, 0) is 11.1 Å². The maximum Gasteiger partial charge on any atom is 0.216 e. The Kier molecular flexibility index (Phi) is 4.76. The van der Waals surface area contributed by atoms with E-state index >= 15 is 0 Å². The van der Waals surface area contributed by atoms with Crippen LogP contribution in [0.5, 0.6) is 0 Å². The fourth-order valence-corrected chi connectivity index (χ4v) is 2.56. The largest absolute Gasteiger partial charge is 0.380 e. The summed E-state index contributed by atoms with van der Waals surface area (Å²) in [5, 5.41) is 14.2. The first-order valence-corrected chi connectivity index (χ1v) is 7.13. The molecule has 2 N–H and O–H groups in total. The zero-order valence-corrected chi connectivity index (χ0v) is 12.4. The Morgan fingerprint density at radius 1 is 1.05 bits per heavy atom. The molecular weight excluding hydrogens is 262 g/mol. The van der Waals surface area contributed by atoms with Crippen LogP contribution in [0.2, 0.25) is 0 Å². The average molecular weight is 283 g/mol. The van der Waals surface area contributed by atoms with E-state index in [-0.39, 0.29) is 11.8 Å². The van der Waals surface area contributed by atoms with Crippen LogP contribution < -0.4 is 5.32 Å². The van der Waals surface area contributed by atoms with E-state index in [0.29, 0.717) is 6.54 Å². The highest BCUT2D eigenvalue weighted by Crippen LogP contribution is 2.36. The first-order valence-electron chi connectivity index (χ1n) is 7.13. The summed E-state index contributed by atoms with van der Waals surface area (Å²) in [5.41, 5.74) is 0.522. The van der Waals surface area contributed by atoms with E-state index in [4.69, 9.17) is 0 Å². The predicted molar refractivity (Wildman–Crippen MR) is 83.7 cm³/mol. The van der Waals surface area contributed by atoms with Crippen molar-refractivity contribution in [2.24, 2.45) is 5.92 Å². The molecule has 2 aromatic rings. The lowest BCUT2D eigenvalue weighted by Gasteiger charge is -2.35. The third-order valence-electron chi connectivity index (χ3n) is 3.80.